The van der Waals surface area contributed by atoms with Gasteiger partial charge >= 0.3 is 0 Å². The quantitative estimate of drug-likeness (QED) is 0.187. The number of aryl methyl sites for hydroxylation is 2. The lowest BCUT2D eigenvalue weighted by Gasteiger charge is -2.18. The van der Waals surface area contributed by atoms with Gasteiger partial charge in [0.25, 0.3) is 5.56 Å². The molecule has 2 heterocycles. The molecule has 0 saturated carbocycles. The maximum atomic E-state index is 14.0. The van der Waals surface area contributed by atoms with Crippen LogP contribution in [0.4, 0.5) is 10.2 Å². The Kier molecular flexibility index (Phi) is 8.39. The Balaban J connectivity index is 1.63. The average molecular weight is 579 g/mol. The highest BCUT2D eigenvalue weighted by molar-refractivity contribution is 5.97. The van der Waals surface area contributed by atoms with E-state index in [2.05, 4.69) is 10.3 Å². The second-order valence-corrected chi connectivity index (χ2v) is 11.0. The SMILES string of the molecule is CCC(=O)c1ccc(C)c(-c2cnc(NC(=O)[C@H](C)CC)c(=O)n2Cc2cccc(-n3cc(C)c4cc(F)ccc43)c2)c1. The number of carbonyl (C=O) groups excluding carboxylic acids is 2. The summed E-state index contributed by atoms with van der Waals surface area (Å²) in [5, 5.41) is 3.54. The number of nitrogens with zero attached hydrogens (tertiary/aromatic N) is 3. The summed E-state index contributed by atoms with van der Waals surface area (Å²) in [6.07, 6.45) is 4.54. The van der Waals surface area contributed by atoms with Gasteiger partial charge in [-0.1, -0.05) is 45.0 Å². The Morgan fingerprint density at radius 1 is 1.00 bits per heavy atom. The van der Waals surface area contributed by atoms with Crippen LogP contribution < -0.4 is 10.9 Å². The summed E-state index contributed by atoms with van der Waals surface area (Å²) in [5.74, 6) is -0.882. The Labute approximate surface area is 250 Å². The Bertz CT molecular complexity index is 1920. The molecule has 5 aromatic rings. The third-order valence-corrected chi connectivity index (χ3v) is 8.01. The molecule has 1 amide bonds. The van der Waals surface area contributed by atoms with Crippen LogP contribution in [0.1, 0.15) is 60.7 Å². The highest BCUT2D eigenvalue weighted by Crippen LogP contribution is 2.28. The monoisotopic (exact) mass is 578 g/mol. The zero-order chi connectivity index (χ0) is 30.8. The number of anilines is 1. The number of aromatic nitrogens is 3. The van der Waals surface area contributed by atoms with Gasteiger partial charge in [0.15, 0.2) is 11.6 Å². The molecule has 0 aliphatic rings. The first kappa shape index (κ1) is 29.6. The van der Waals surface area contributed by atoms with Crippen molar-refractivity contribution in [1.29, 1.82) is 0 Å². The molecule has 0 aliphatic carbocycles. The van der Waals surface area contributed by atoms with E-state index in [0.717, 1.165) is 33.3 Å². The van der Waals surface area contributed by atoms with Gasteiger partial charge in [0.1, 0.15) is 5.82 Å². The number of rotatable bonds is 9. The summed E-state index contributed by atoms with van der Waals surface area (Å²) in [6, 6.07) is 18.0. The number of hydrogen-bond donors (Lipinski definition) is 1. The average Bonchev–Trinajstić information content (AvgIpc) is 3.34. The Hall–Kier alpha value is -4.85. The van der Waals surface area contributed by atoms with Crippen molar-refractivity contribution in [2.45, 2.75) is 54.0 Å². The minimum Gasteiger partial charge on any atom is -0.316 e. The number of fused-ring (bicyclic) bond motifs is 1. The van der Waals surface area contributed by atoms with Crippen molar-refractivity contribution in [2.75, 3.05) is 5.32 Å². The molecule has 43 heavy (non-hydrogen) atoms. The molecule has 0 bridgehead atoms. The molecule has 1 atom stereocenters. The standard InChI is InChI=1S/C35H35FN4O3/c1-6-21(3)34(42)38-33-35(43)40(31(18-37-33)28-16-25(32(41)7-2)12-11-22(28)4)20-24-9-8-10-27(15-24)39-19-23(5)29-17-26(36)13-14-30(29)39/h8-19,21H,6-7,20H2,1-5H3,(H,37,38,42)/t21-/m1/s1. The van der Waals surface area contributed by atoms with Crippen LogP contribution in [0.3, 0.4) is 0 Å². The zero-order valence-electron chi connectivity index (χ0n) is 25.1. The number of nitrogens with one attached hydrogen (secondary N) is 1. The summed E-state index contributed by atoms with van der Waals surface area (Å²) in [5.41, 5.74) is 5.79. The lowest BCUT2D eigenvalue weighted by atomic mass is 9.99. The maximum absolute atomic E-state index is 14.0. The van der Waals surface area contributed by atoms with E-state index in [4.69, 9.17) is 0 Å². The first-order valence-electron chi connectivity index (χ1n) is 14.5. The number of hydrogen-bond acceptors (Lipinski definition) is 4. The van der Waals surface area contributed by atoms with Crippen LogP contribution in [0.25, 0.3) is 27.8 Å². The lowest BCUT2D eigenvalue weighted by molar-refractivity contribution is -0.119. The van der Waals surface area contributed by atoms with Crippen molar-refractivity contribution >= 4 is 28.4 Å². The van der Waals surface area contributed by atoms with E-state index in [0.29, 0.717) is 29.7 Å². The van der Waals surface area contributed by atoms with Crippen LogP contribution in [0.15, 0.2) is 77.9 Å². The van der Waals surface area contributed by atoms with Crippen molar-refractivity contribution in [3.63, 3.8) is 0 Å². The summed E-state index contributed by atoms with van der Waals surface area (Å²) in [6.45, 7) is 9.58. The fourth-order valence-electron chi connectivity index (χ4n) is 5.21. The molecule has 1 N–H and O–H groups in total. The Morgan fingerprint density at radius 3 is 2.53 bits per heavy atom. The third-order valence-electron chi connectivity index (χ3n) is 8.01. The lowest BCUT2D eigenvalue weighted by Crippen LogP contribution is -2.30. The van der Waals surface area contributed by atoms with Gasteiger partial charge in [0.05, 0.1) is 24.0 Å². The summed E-state index contributed by atoms with van der Waals surface area (Å²) in [4.78, 5) is 43.6. The van der Waals surface area contributed by atoms with Gasteiger partial charge in [-0.3, -0.25) is 19.0 Å². The molecule has 0 saturated heterocycles. The van der Waals surface area contributed by atoms with Crippen molar-refractivity contribution in [3.8, 4) is 16.9 Å². The largest absolute Gasteiger partial charge is 0.316 e. The number of halogens is 1. The predicted octanol–water partition coefficient (Wildman–Crippen LogP) is 7.24. The molecular formula is C35H35FN4O3. The second-order valence-electron chi connectivity index (χ2n) is 11.0. The predicted molar refractivity (Wildman–Crippen MR) is 168 cm³/mol. The van der Waals surface area contributed by atoms with Gasteiger partial charge in [0.2, 0.25) is 5.91 Å². The topological polar surface area (TPSA) is 86.0 Å². The molecule has 3 aromatic carbocycles. The van der Waals surface area contributed by atoms with Gasteiger partial charge < -0.3 is 9.88 Å². The van der Waals surface area contributed by atoms with E-state index in [1.165, 1.54) is 12.1 Å². The molecule has 0 unspecified atom stereocenters. The van der Waals surface area contributed by atoms with Crippen molar-refractivity contribution < 1.29 is 14.0 Å². The summed E-state index contributed by atoms with van der Waals surface area (Å²) in [7, 11) is 0. The van der Waals surface area contributed by atoms with Gasteiger partial charge in [-0.15, -0.1) is 0 Å². The molecule has 8 heteroatoms. The Morgan fingerprint density at radius 2 is 1.79 bits per heavy atom. The van der Waals surface area contributed by atoms with E-state index in [1.54, 1.807) is 35.9 Å². The van der Waals surface area contributed by atoms with E-state index in [1.807, 2.05) is 68.8 Å². The fraction of sp³-hybridized carbons (Fsp3) is 0.257. The summed E-state index contributed by atoms with van der Waals surface area (Å²) < 4.78 is 17.6. The van der Waals surface area contributed by atoms with Crippen LogP contribution in [0, 0.1) is 25.6 Å². The number of Topliss-reactive ketones (excluding diaryl/α,β-unsaturated/α-hetero) is 1. The number of benzene rings is 3. The first-order valence-corrected chi connectivity index (χ1v) is 14.5. The maximum Gasteiger partial charge on any atom is 0.294 e. The van der Waals surface area contributed by atoms with Crippen molar-refractivity contribution in [3.05, 3.63) is 111 Å². The second kappa shape index (κ2) is 12.2. The van der Waals surface area contributed by atoms with Gasteiger partial charge in [-0.2, -0.15) is 0 Å². The number of amides is 1. The zero-order valence-corrected chi connectivity index (χ0v) is 25.1. The molecule has 5 rings (SSSR count). The van der Waals surface area contributed by atoms with Crippen LogP contribution in [0.5, 0.6) is 0 Å². The minimum atomic E-state index is -0.441. The molecule has 220 valence electrons. The van der Waals surface area contributed by atoms with Crippen LogP contribution in [-0.2, 0) is 11.3 Å². The highest BCUT2D eigenvalue weighted by Gasteiger charge is 2.19. The number of ketones is 1. The smallest absolute Gasteiger partial charge is 0.294 e. The van der Waals surface area contributed by atoms with E-state index in [9.17, 15) is 18.8 Å². The third kappa shape index (κ3) is 5.91. The fourth-order valence-corrected chi connectivity index (χ4v) is 5.21. The summed E-state index contributed by atoms with van der Waals surface area (Å²) >= 11 is 0. The van der Waals surface area contributed by atoms with Crippen LogP contribution in [0.2, 0.25) is 0 Å². The van der Waals surface area contributed by atoms with Gasteiger partial charge in [-0.25, -0.2) is 9.37 Å². The van der Waals surface area contributed by atoms with Crippen molar-refractivity contribution in [1.82, 2.24) is 14.1 Å². The normalized spacial score (nSPS) is 12.0. The molecule has 0 aliphatic heterocycles. The van der Waals surface area contributed by atoms with Crippen LogP contribution in [-0.4, -0.2) is 25.8 Å². The molecule has 2 aromatic heterocycles. The minimum absolute atomic E-state index is 0.00219. The highest BCUT2D eigenvalue weighted by atomic mass is 19.1. The van der Waals surface area contributed by atoms with E-state index < -0.39 is 5.56 Å². The molecular weight excluding hydrogens is 543 g/mol. The molecule has 0 spiro atoms. The van der Waals surface area contributed by atoms with Gasteiger partial charge in [0, 0.05) is 40.7 Å². The first-order chi connectivity index (χ1) is 20.6. The van der Waals surface area contributed by atoms with E-state index >= 15 is 0 Å². The van der Waals surface area contributed by atoms with Gasteiger partial charge in [-0.05, 0) is 73.4 Å². The van der Waals surface area contributed by atoms with Crippen molar-refractivity contribution in [2.24, 2.45) is 5.92 Å². The van der Waals surface area contributed by atoms with E-state index in [-0.39, 0.29) is 35.8 Å². The number of carbonyl (C=O) groups is 2. The molecule has 0 fully saturated rings. The van der Waals surface area contributed by atoms with Crippen LogP contribution >= 0.6 is 0 Å². The molecule has 7 nitrogen and oxygen atoms in total. The molecule has 0 radical (unpaired) electrons.